The van der Waals surface area contributed by atoms with E-state index in [1.165, 1.54) is 29.1 Å². The standard InChI is InChI=1S/C21H27NO2.BrH/c1-15-21(2,3)20-17-10-6-5-9-16(17)12-13-18(20)22(15)14-8-7-11-19(23)24-4;/h5-6,9-10,12-13,15H,7-8,11,14H2,1-4H3;1H. The van der Waals surface area contributed by atoms with E-state index in [1.54, 1.807) is 0 Å². The number of hydrogen-bond donors (Lipinski definition) is 0. The number of ether oxygens (including phenoxy) is 1. The lowest BCUT2D eigenvalue weighted by Crippen LogP contribution is -2.39. The molecule has 1 aliphatic rings. The van der Waals surface area contributed by atoms with Gasteiger partial charge in [0.2, 0.25) is 0 Å². The van der Waals surface area contributed by atoms with Crippen molar-refractivity contribution in [3.05, 3.63) is 42.0 Å². The number of nitrogens with zero attached hydrogens (tertiary/aromatic N) is 1. The Labute approximate surface area is 161 Å². The summed E-state index contributed by atoms with van der Waals surface area (Å²) in [5.74, 6) is -0.115. The summed E-state index contributed by atoms with van der Waals surface area (Å²) in [5, 5.41) is 2.67. The summed E-state index contributed by atoms with van der Waals surface area (Å²) in [5.41, 5.74) is 2.92. The Morgan fingerprint density at radius 1 is 1.16 bits per heavy atom. The number of esters is 1. The van der Waals surface area contributed by atoms with Crippen LogP contribution in [-0.2, 0) is 14.9 Å². The molecule has 0 amide bonds. The van der Waals surface area contributed by atoms with Gasteiger partial charge in [-0.2, -0.15) is 0 Å². The lowest BCUT2D eigenvalue weighted by atomic mass is 9.79. The smallest absolute Gasteiger partial charge is 0.305 e. The van der Waals surface area contributed by atoms with E-state index in [-0.39, 0.29) is 28.4 Å². The summed E-state index contributed by atoms with van der Waals surface area (Å²) < 4.78 is 4.73. The molecule has 0 spiro atoms. The minimum absolute atomic E-state index is 0. The predicted molar refractivity (Wildman–Crippen MR) is 110 cm³/mol. The monoisotopic (exact) mass is 405 g/mol. The van der Waals surface area contributed by atoms with E-state index in [9.17, 15) is 4.79 Å². The first-order chi connectivity index (χ1) is 11.5. The fraction of sp³-hybridized carbons (Fsp3) is 0.476. The summed E-state index contributed by atoms with van der Waals surface area (Å²) >= 11 is 0. The van der Waals surface area contributed by atoms with Crippen LogP contribution in [0.1, 0.15) is 45.6 Å². The normalized spacial score (nSPS) is 17.9. The molecule has 0 fully saturated rings. The molecule has 0 bridgehead atoms. The molecule has 1 heterocycles. The third kappa shape index (κ3) is 3.55. The molecule has 2 aromatic carbocycles. The Kier molecular flexibility index (Phi) is 6.15. The van der Waals surface area contributed by atoms with Gasteiger partial charge >= 0.3 is 5.97 Å². The highest BCUT2D eigenvalue weighted by molar-refractivity contribution is 8.93. The third-order valence-corrected chi connectivity index (χ3v) is 5.63. The Bertz CT molecular complexity index is 757. The maximum Gasteiger partial charge on any atom is 0.305 e. The van der Waals surface area contributed by atoms with Gasteiger partial charge in [-0.25, -0.2) is 0 Å². The molecule has 3 rings (SSSR count). The molecular weight excluding hydrogens is 378 g/mol. The summed E-state index contributed by atoms with van der Waals surface area (Å²) in [7, 11) is 1.45. The largest absolute Gasteiger partial charge is 0.469 e. The summed E-state index contributed by atoms with van der Waals surface area (Å²) in [6.07, 6.45) is 2.38. The Balaban J connectivity index is 0.00000225. The first-order valence-electron chi connectivity index (χ1n) is 8.82. The fourth-order valence-corrected chi connectivity index (χ4v) is 3.95. The van der Waals surface area contributed by atoms with Crippen molar-refractivity contribution < 1.29 is 9.53 Å². The average Bonchev–Trinajstić information content (AvgIpc) is 2.78. The minimum Gasteiger partial charge on any atom is -0.469 e. The highest BCUT2D eigenvalue weighted by atomic mass is 79.9. The number of carbonyl (C=O) groups excluding carboxylic acids is 1. The number of rotatable bonds is 5. The highest BCUT2D eigenvalue weighted by Crippen LogP contribution is 2.48. The van der Waals surface area contributed by atoms with Crippen LogP contribution in [0.25, 0.3) is 10.8 Å². The van der Waals surface area contributed by atoms with Gasteiger partial charge in [0.25, 0.3) is 0 Å². The van der Waals surface area contributed by atoms with Crippen LogP contribution >= 0.6 is 17.0 Å². The zero-order chi connectivity index (χ0) is 17.3. The molecule has 4 heteroatoms. The number of carbonyl (C=O) groups is 1. The molecule has 0 saturated heterocycles. The first kappa shape index (κ1) is 19.8. The van der Waals surface area contributed by atoms with Gasteiger partial charge in [-0.05, 0) is 42.2 Å². The Hall–Kier alpha value is -1.55. The van der Waals surface area contributed by atoms with Crippen molar-refractivity contribution in [1.29, 1.82) is 0 Å². The van der Waals surface area contributed by atoms with E-state index in [2.05, 4.69) is 62.1 Å². The molecule has 25 heavy (non-hydrogen) atoms. The van der Waals surface area contributed by atoms with E-state index in [0.29, 0.717) is 12.5 Å². The molecular formula is C21H28BrNO2. The van der Waals surface area contributed by atoms with Gasteiger partial charge in [0, 0.05) is 30.1 Å². The van der Waals surface area contributed by atoms with Crippen molar-refractivity contribution in [2.45, 2.75) is 51.5 Å². The van der Waals surface area contributed by atoms with Crippen LogP contribution in [0.5, 0.6) is 0 Å². The number of methoxy groups -OCH3 is 1. The van der Waals surface area contributed by atoms with E-state index in [4.69, 9.17) is 4.74 Å². The van der Waals surface area contributed by atoms with Gasteiger partial charge in [-0.3, -0.25) is 4.79 Å². The third-order valence-electron chi connectivity index (χ3n) is 5.63. The second-order valence-corrected chi connectivity index (χ2v) is 7.31. The van der Waals surface area contributed by atoms with Crippen molar-refractivity contribution in [2.24, 2.45) is 0 Å². The van der Waals surface area contributed by atoms with Crippen LogP contribution in [-0.4, -0.2) is 25.7 Å². The number of hydrogen-bond acceptors (Lipinski definition) is 3. The quantitative estimate of drug-likeness (QED) is 0.502. The van der Waals surface area contributed by atoms with Crippen LogP contribution < -0.4 is 4.90 Å². The van der Waals surface area contributed by atoms with Gasteiger partial charge in [0.05, 0.1) is 7.11 Å². The average molecular weight is 406 g/mol. The van der Waals surface area contributed by atoms with Crippen LogP contribution in [0.2, 0.25) is 0 Å². The minimum atomic E-state index is -0.115. The van der Waals surface area contributed by atoms with Gasteiger partial charge in [-0.1, -0.05) is 44.2 Å². The van der Waals surface area contributed by atoms with Gasteiger partial charge in [0.15, 0.2) is 0 Å². The molecule has 1 atom stereocenters. The van der Waals surface area contributed by atoms with Gasteiger partial charge < -0.3 is 9.64 Å². The lowest BCUT2D eigenvalue weighted by molar-refractivity contribution is -0.140. The van der Waals surface area contributed by atoms with Crippen molar-refractivity contribution in [3.8, 4) is 0 Å². The van der Waals surface area contributed by atoms with Crippen LogP contribution in [0, 0.1) is 0 Å². The fourth-order valence-electron chi connectivity index (χ4n) is 3.95. The Morgan fingerprint density at radius 3 is 2.60 bits per heavy atom. The van der Waals surface area contributed by atoms with Crippen molar-refractivity contribution >= 4 is 39.4 Å². The second-order valence-electron chi connectivity index (χ2n) is 7.31. The maximum absolute atomic E-state index is 11.3. The zero-order valence-corrected chi connectivity index (χ0v) is 17.3. The Morgan fingerprint density at radius 2 is 1.88 bits per heavy atom. The highest BCUT2D eigenvalue weighted by Gasteiger charge is 2.42. The lowest BCUT2D eigenvalue weighted by Gasteiger charge is -2.31. The van der Waals surface area contributed by atoms with Crippen molar-refractivity contribution in [1.82, 2.24) is 0 Å². The molecule has 0 aromatic heterocycles. The molecule has 136 valence electrons. The number of anilines is 1. The molecule has 1 unspecified atom stereocenters. The van der Waals surface area contributed by atoms with Crippen LogP contribution in [0.15, 0.2) is 36.4 Å². The van der Waals surface area contributed by atoms with E-state index in [1.807, 2.05) is 0 Å². The molecule has 0 saturated carbocycles. The van der Waals surface area contributed by atoms with E-state index < -0.39 is 0 Å². The molecule has 3 nitrogen and oxygen atoms in total. The van der Waals surface area contributed by atoms with Crippen molar-refractivity contribution in [2.75, 3.05) is 18.6 Å². The van der Waals surface area contributed by atoms with Gasteiger partial charge in [0.1, 0.15) is 0 Å². The van der Waals surface area contributed by atoms with Crippen LogP contribution in [0.4, 0.5) is 5.69 Å². The maximum atomic E-state index is 11.3. The number of unbranched alkanes of at least 4 members (excludes halogenated alkanes) is 1. The number of benzene rings is 2. The second kappa shape index (κ2) is 7.77. The van der Waals surface area contributed by atoms with Gasteiger partial charge in [-0.15, -0.1) is 17.0 Å². The topological polar surface area (TPSA) is 29.5 Å². The first-order valence-corrected chi connectivity index (χ1v) is 8.82. The van der Waals surface area contributed by atoms with Crippen LogP contribution in [0.3, 0.4) is 0 Å². The summed E-state index contributed by atoms with van der Waals surface area (Å²) in [6.45, 7) is 7.98. The predicted octanol–water partition coefficient (Wildman–Crippen LogP) is 5.25. The SMILES string of the molecule is Br.COC(=O)CCCCN1c2ccc3ccccc3c2C(C)(C)C1C. The molecule has 0 N–H and O–H groups in total. The number of halogens is 1. The van der Waals surface area contributed by atoms with E-state index >= 15 is 0 Å². The molecule has 1 aliphatic heterocycles. The zero-order valence-electron chi connectivity index (χ0n) is 15.5. The molecule has 2 aromatic rings. The van der Waals surface area contributed by atoms with E-state index in [0.717, 1.165) is 19.4 Å². The molecule has 0 radical (unpaired) electrons. The summed E-state index contributed by atoms with van der Waals surface area (Å²) in [6, 6.07) is 13.6. The number of fused-ring (bicyclic) bond motifs is 3. The molecule has 0 aliphatic carbocycles. The summed E-state index contributed by atoms with van der Waals surface area (Å²) in [4.78, 5) is 13.8. The van der Waals surface area contributed by atoms with Crippen molar-refractivity contribution in [3.63, 3.8) is 0 Å².